The van der Waals surface area contributed by atoms with Gasteiger partial charge in [-0.2, -0.15) is 0 Å². The van der Waals surface area contributed by atoms with Crippen molar-refractivity contribution in [1.82, 2.24) is 10.3 Å². The second kappa shape index (κ2) is 8.30. The number of pyridine rings is 1. The maximum Gasteiger partial charge on any atom is 0.253 e. The molecule has 1 fully saturated rings. The zero-order chi connectivity index (χ0) is 18.5. The van der Waals surface area contributed by atoms with E-state index in [0.717, 1.165) is 12.2 Å². The summed E-state index contributed by atoms with van der Waals surface area (Å²) in [7, 11) is 0. The Morgan fingerprint density at radius 2 is 2.00 bits per heavy atom. The smallest absolute Gasteiger partial charge is 0.253 e. The molecule has 0 bridgehead atoms. The van der Waals surface area contributed by atoms with E-state index in [1.807, 2.05) is 13.8 Å². The van der Waals surface area contributed by atoms with Crippen LogP contribution in [0, 0.1) is 11.7 Å². The highest BCUT2D eigenvalue weighted by molar-refractivity contribution is 5.95. The van der Waals surface area contributed by atoms with Crippen molar-refractivity contribution in [3.8, 4) is 0 Å². The first kappa shape index (κ1) is 18.4. The van der Waals surface area contributed by atoms with Gasteiger partial charge >= 0.3 is 0 Å². The fraction of sp³-hybridized carbons (Fsp3) is 0.429. The predicted molar refractivity (Wildman–Crippen MR) is 102 cm³/mol. The lowest BCUT2D eigenvalue weighted by atomic mass is 10.0. The highest BCUT2D eigenvalue weighted by Gasteiger charge is 2.19. The van der Waals surface area contributed by atoms with Crippen LogP contribution in [-0.4, -0.2) is 17.4 Å². The summed E-state index contributed by atoms with van der Waals surface area (Å²) in [6, 6.07) is 9.80. The minimum absolute atomic E-state index is 0.0644. The van der Waals surface area contributed by atoms with E-state index in [-0.39, 0.29) is 17.6 Å². The lowest BCUT2D eigenvalue weighted by molar-refractivity contribution is 0.0945. The molecule has 0 saturated heterocycles. The molecule has 1 aliphatic carbocycles. The van der Waals surface area contributed by atoms with E-state index in [1.165, 1.54) is 37.8 Å². The number of carbonyl (C=O) groups excluding carboxylic acids is 1. The molecule has 3 rings (SSSR count). The standard InChI is InChI=1S/C21H26FN3O/c1-14(2)20-18(21(26)23-13-15-6-3-4-7-15)10-11-19(25-20)24-17-9-5-8-16(22)12-17/h5,8-12,14-15H,3-4,6-7,13H2,1-2H3,(H,23,26)(H,24,25). The Kier molecular flexibility index (Phi) is 5.86. The number of rotatable bonds is 6. The van der Waals surface area contributed by atoms with Gasteiger partial charge < -0.3 is 10.6 Å². The third-order valence-electron chi connectivity index (χ3n) is 4.84. The number of nitrogens with zero attached hydrogens (tertiary/aromatic N) is 1. The summed E-state index contributed by atoms with van der Waals surface area (Å²) < 4.78 is 13.3. The number of aromatic nitrogens is 1. The molecule has 1 aromatic heterocycles. The number of carbonyl (C=O) groups is 1. The summed E-state index contributed by atoms with van der Waals surface area (Å²) in [5.41, 5.74) is 1.99. The van der Waals surface area contributed by atoms with Gasteiger partial charge in [-0.1, -0.05) is 32.8 Å². The molecular weight excluding hydrogens is 329 g/mol. The van der Waals surface area contributed by atoms with Crippen LogP contribution >= 0.6 is 0 Å². The monoisotopic (exact) mass is 355 g/mol. The molecule has 26 heavy (non-hydrogen) atoms. The first-order valence-electron chi connectivity index (χ1n) is 9.34. The lowest BCUT2D eigenvalue weighted by Crippen LogP contribution is -2.29. The van der Waals surface area contributed by atoms with Gasteiger partial charge in [0.1, 0.15) is 11.6 Å². The largest absolute Gasteiger partial charge is 0.352 e. The molecule has 138 valence electrons. The van der Waals surface area contributed by atoms with Gasteiger partial charge in [0.05, 0.1) is 11.3 Å². The highest BCUT2D eigenvalue weighted by Crippen LogP contribution is 2.25. The van der Waals surface area contributed by atoms with Crippen LogP contribution in [0.25, 0.3) is 0 Å². The zero-order valence-electron chi connectivity index (χ0n) is 15.4. The third-order valence-corrected chi connectivity index (χ3v) is 4.84. The van der Waals surface area contributed by atoms with Crippen LogP contribution < -0.4 is 10.6 Å². The van der Waals surface area contributed by atoms with Gasteiger partial charge in [-0.3, -0.25) is 4.79 Å². The van der Waals surface area contributed by atoms with Gasteiger partial charge in [0, 0.05) is 12.2 Å². The van der Waals surface area contributed by atoms with Crippen molar-refractivity contribution in [2.75, 3.05) is 11.9 Å². The summed E-state index contributed by atoms with van der Waals surface area (Å²) in [6.45, 7) is 4.77. The molecule has 0 radical (unpaired) electrons. The Hall–Kier alpha value is -2.43. The van der Waals surface area contributed by atoms with Crippen molar-refractivity contribution in [2.24, 2.45) is 5.92 Å². The van der Waals surface area contributed by atoms with E-state index in [2.05, 4.69) is 15.6 Å². The maximum atomic E-state index is 13.3. The van der Waals surface area contributed by atoms with Gasteiger partial charge in [-0.25, -0.2) is 9.37 Å². The number of nitrogens with one attached hydrogen (secondary N) is 2. The van der Waals surface area contributed by atoms with Crippen molar-refractivity contribution >= 4 is 17.4 Å². The molecule has 0 unspecified atom stereocenters. The van der Waals surface area contributed by atoms with E-state index in [9.17, 15) is 9.18 Å². The van der Waals surface area contributed by atoms with Crippen LogP contribution in [0.2, 0.25) is 0 Å². The molecule has 5 heteroatoms. The Balaban J connectivity index is 1.74. The number of hydrogen-bond donors (Lipinski definition) is 2. The Morgan fingerprint density at radius 1 is 1.23 bits per heavy atom. The number of amides is 1. The minimum atomic E-state index is -0.304. The van der Waals surface area contributed by atoms with Crippen LogP contribution in [0.5, 0.6) is 0 Å². The quantitative estimate of drug-likeness (QED) is 0.766. The minimum Gasteiger partial charge on any atom is -0.352 e. The second-order valence-electron chi connectivity index (χ2n) is 7.28. The number of halogens is 1. The van der Waals surface area contributed by atoms with Gasteiger partial charge in [-0.15, -0.1) is 0 Å². The summed E-state index contributed by atoms with van der Waals surface area (Å²) in [6.07, 6.45) is 4.93. The van der Waals surface area contributed by atoms with E-state index < -0.39 is 0 Å². The van der Waals surface area contributed by atoms with E-state index >= 15 is 0 Å². The molecule has 2 N–H and O–H groups in total. The van der Waals surface area contributed by atoms with Crippen LogP contribution in [0.4, 0.5) is 15.9 Å². The van der Waals surface area contributed by atoms with Gasteiger partial charge in [-0.05, 0) is 55.0 Å². The lowest BCUT2D eigenvalue weighted by Gasteiger charge is -2.16. The maximum absolute atomic E-state index is 13.3. The van der Waals surface area contributed by atoms with Crippen molar-refractivity contribution in [3.63, 3.8) is 0 Å². The molecule has 4 nitrogen and oxygen atoms in total. The van der Waals surface area contributed by atoms with E-state index in [4.69, 9.17) is 0 Å². The van der Waals surface area contributed by atoms with Gasteiger partial charge in [0.15, 0.2) is 0 Å². The molecule has 1 amide bonds. The first-order chi connectivity index (χ1) is 12.5. The molecule has 0 atom stereocenters. The fourth-order valence-corrected chi connectivity index (χ4v) is 3.44. The summed E-state index contributed by atoms with van der Waals surface area (Å²) in [5.74, 6) is 0.943. The molecule has 0 spiro atoms. The molecule has 1 aromatic carbocycles. The second-order valence-corrected chi connectivity index (χ2v) is 7.28. The zero-order valence-corrected chi connectivity index (χ0v) is 15.4. The van der Waals surface area contributed by atoms with E-state index in [0.29, 0.717) is 23.0 Å². The fourth-order valence-electron chi connectivity index (χ4n) is 3.44. The molecule has 2 aromatic rings. The number of anilines is 2. The van der Waals surface area contributed by atoms with Crippen LogP contribution in [0.3, 0.4) is 0 Å². The first-order valence-corrected chi connectivity index (χ1v) is 9.34. The molecule has 0 aliphatic heterocycles. The average molecular weight is 355 g/mol. The van der Waals surface area contributed by atoms with Crippen molar-refractivity contribution in [2.45, 2.75) is 45.4 Å². The molecule has 1 aliphatic rings. The third kappa shape index (κ3) is 4.59. The Morgan fingerprint density at radius 3 is 2.69 bits per heavy atom. The summed E-state index contributed by atoms with van der Waals surface area (Å²) in [5, 5.41) is 6.16. The van der Waals surface area contributed by atoms with Gasteiger partial charge in [0.2, 0.25) is 0 Å². The summed E-state index contributed by atoms with van der Waals surface area (Å²) >= 11 is 0. The highest BCUT2D eigenvalue weighted by atomic mass is 19.1. The number of hydrogen-bond acceptors (Lipinski definition) is 3. The predicted octanol–water partition coefficient (Wildman–Crippen LogP) is 5.01. The average Bonchev–Trinajstić information content (AvgIpc) is 3.13. The van der Waals surface area contributed by atoms with Crippen LogP contribution in [-0.2, 0) is 0 Å². The molecular formula is C21H26FN3O. The normalized spacial score (nSPS) is 14.6. The SMILES string of the molecule is CC(C)c1nc(Nc2cccc(F)c2)ccc1C(=O)NCC1CCCC1. The summed E-state index contributed by atoms with van der Waals surface area (Å²) in [4.78, 5) is 17.2. The van der Waals surface area contributed by atoms with E-state index in [1.54, 1.807) is 24.3 Å². The Labute approximate surface area is 154 Å². The van der Waals surface area contributed by atoms with Gasteiger partial charge in [0.25, 0.3) is 5.91 Å². The topological polar surface area (TPSA) is 54.0 Å². The number of benzene rings is 1. The van der Waals surface area contributed by atoms with Crippen molar-refractivity contribution < 1.29 is 9.18 Å². The molecule has 1 saturated carbocycles. The van der Waals surface area contributed by atoms with Crippen LogP contribution in [0.15, 0.2) is 36.4 Å². The van der Waals surface area contributed by atoms with Crippen LogP contribution in [0.1, 0.15) is 61.5 Å². The molecule has 1 heterocycles. The van der Waals surface area contributed by atoms with Crippen molar-refractivity contribution in [1.29, 1.82) is 0 Å². The Bertz CT molecular complexity index is 770. The van der Waals surface area contributed by atoms with Crippen molar-refractivity contribution in [3.05, 3.63) is 53.5 Å².